The molecule has 0 bridgehead atoms. The van der Waals surface area contributed by atoms with Crippen molar-refractivity contribution < 1.29 is 9.53 Å². The van der Waals surface area contributed by atoms with Gasteiger partial charge in [0.2, 0.25) is 0 Å². The lowest BCUT2D eigenvalue weighted by Crippen LogP contribution is -2.44. The van der Waals surface area contributed by atoms with Crippen molar-refractivity contribution in [2.75, 3.05) is 43.4 Å². The molecule has 1 aromatic heterocycles. The molecule has 3 rings (SSSR count). The van der Waals surface area contributed by atoms with E-state index in [-0.39, 0.29) is 11.3 Å². The van der Waals surface area contributed by atoms with E-state index in [2.05, 4.69) is 47.9 Å². The predicted octanol–water partition coefficient (Wildman–Crippen LogP) is 3.54. The van der Waals surface area contributed by atoms with Crippen molar-refractivity contribution in [3.8, 4) is 5.75 Å². The average molecular weight is 397 g/mol. The van der Waals surface area contributed by atoms with Crippen molar-refractivity contribution in [1.82, 2.24) is 9.88 Å². The van der Waals surface area contributed by atoms with Crippen molar-refractivity contribution in [1.29, 1.82) is 0 Å². The maximum absolute atomic E-state index is 12.5. The first-order valence-corrected chi connectivity index (χ1v) is 10.2. The SMILES string of the molecule is C[C@H](Oc1ccc(C(C)(C)C)cc1)C(=O)Nc1ccc(N2CCN(C)CC2)nc1. The highest BCUT2D eigenvalue weighted by Crippen LogP contribution is 2.25. The van der Waals surface area contributed by atoms with Crippen LogP contribution in [0.4, 0.5) is 11.5 Å². The lowest BCUT2D eigenvalue weighted by molar-refractivity contribution is -0.122. The normalized spacial score (nSPS) is 16.4. The second kappa shape index (κ2) is 8.82. The Labute approximate surface area is 173 Å². The van der Waals surface area contributed by atoms with Crippen molar-refractivity contribution in [3.05, 3.63) is 48.2 Å². The Morgan fingerprint density at radius 1 is 1.07 bits per heavy atom. The van der Waals surface area contributed by atoms with Crippen LogP contribution in [0, 0.1) is 0 Å². The Hall–Kier alpha value is -2.60. The molecule has 1 amide bonds. The maximum atomic E-state index is 12.5. The molecule has 1 aliphatic rings. The first-order chi connectivity index (χ1) is 13.7. The predicted molar refractivity (Wildman–Crippen MR) is 118 cm³/mol. The summed E-state index contributed by atoms with van der Waals surface area (Å²) >= 11 is 0. The maximum Gasteiger partial charge on any atom is 0.265 e. The van der Waals surface area contributed by atoms with Crippen molar-refractivity contribution >= 4 is 17.4 Å². The quantitative estimate of drug-likeness (QED) is 0.838. The summed E-state index contributed by atoms with van der Waals surface area (Å²) in [6, 6.07) is 11.8. The third-order valence-corrected chi connectivity index (χ3v) is 5.25. The molecule has 156 valence electrons. The van der Waals surface area contributed by atoms with Crippen LogP contribution in [-0.2, 0) is 10.2 Å². The number of anilines is 2. The molecule has 0 radical (unpaired) electrons. The monoisotopic (exact) mass is 396 g/mol. The Morgan fingerprint density at radius 3 is 2.28 bits per heavy atom. The summed E-state index contributed by atoms with van der Waals surface area (Å²) in [5.41, 5.74) is 1.99. The van der Waals surface area contributed by atoms with Crippen LogP contribution in [-0.4, -0.2) is 55.1 Å². The largest absolute Gasteiger partial charge is 0.481 e. The van der Waals surface area contributed by atoms with Crippen LogP contribution in [0.1, 0.15) is 33.3 Å². The van der Waals surface area contributed by atoms with Gasteiger partial charge in [0.15, 0.2) is 6.10 Å². The first-order valence-electron chi connectivity index (χ1n) is 10.2. The molecule has 0 saturated carbocycles. The molecule has 1 N–H and O–H groups in total. The molecule has 6 heteroatoms. The Morgan fingerprint density at radius 2 is 1.72 bits per heavy atom. The van der Waals surface area contributed by atoms with Crippen LogP contribution in [0.25, 0.3) is 0 Å². The van der Waals surface area contributed by atoms with E-state index in [9.17, 15) is 4.79 Å². The summed E-state index contributed by atoms with van der Waals surface area (Å²) in [5, 5.41) is 2.88. The summed E-state index contributed by atoms with van der Waals surface area (Å²) in [4.78, 5) is 21.6. The number of ether oxygens (including phenoxy) is 1. The third kappa shape index (κ3) is 5.70. The van der Waals surface area contributed by atoms with Gasteiger partial charge in [0.1, 0.15) is 11.6 Å². The minimum Gasteiger partial charge on any atom is -0.481 e. The molecule has 0 unspecified atom stereocenters. The summed E-state index contributed by atoms with van der Waals surface area (Å²) in [6.07, 6.45) is 1.10. The molecule has 2 heterocycles. The van der Waals surface area contributed by atoms with Crippen molar-refractivity contribution in [3.63, 3.8) is 0 Å². The zero-order valence-corrected chi connectivity index (χ0v) is 18.1. The van der Waals surface area contributed by atoms with E-state index in [1.54, 1.807) is 13.1 Å². The van der Waals surface area contributed by atoms with Gasteiger partial charge in [-0.1, -0.05) is 32.9 Å². The molecule has 6 nitrogen and oxygen atoms in total. The number of carbonyl (C=O) groups is 1. The number of amides is 1. The van der Waals surface area contributed by atoms with Gasteiger partial charge >= 0.3 is 0 Å². The summed E-state index contributed by atoms with van der Waals surface area (Å²) in [6.45, 7) is 12.3. The van der Waals surface area contributed by atoms with Crippen LogP contribution in [0.5, 0.6) is 5.75 Å². The lowest BCUT2D eigenvalue weighted by atomic mass is 9.87. The molecular weight excluding hydrogens is 364 g/mol. The zero-order chi connectivity index (χ0) is 21.0. The standard InChI is InChI=1S/C23H32N4O2/c1-17(29-20-9-6-18(7-10-20)23(2,3)4)22(28)25-19-8-11-21(24-16-19)27-14-12-26(5)13-15-27/h6-11,16-17H,12-15H2,1-5H3,(H,25,28)/t17-/m0/s1. The van der Waals surface area contributed by atoms with Crippen LogP contribution < -0.4 is 15.0 Å². The van der Waals surface area contributed by atoms with Crippen molar-refractivity contribution in [2.45, 2.75) is 39.2 Å². The van der Waals surface area contributed by atoms with Crippen LogP contribution in [0.2, 0.25) is 0 Å². The minimum absolute atomic E-state index is 0.0881. The molecule has 29 heavy (non-hydrogen) atoms. The van der Waals surface area contributed by atoms with Gasteiger partial charge in [-0.3, -0.25) is 4.79 Å². The highest BCUT2D eigenvalue weighted by Gasteiger charge is 2.18. The van der Waals surface area contributed by atoms with Gasteiger partial charge in [-0.15, -0.1) is 0 Å². The van der Waals surface area contributed by atoms with E-state index < -0.39 is 6.10 Å². The number of pyridine rings is 1. The Balaban J connectivity index is 1.54. The van der Waals surface area contributed by atoms with E-state index in [0.717, 1.165) is 32.0 Å². The zero-order valence-electron chi connectivity index (χ0n) is 18.1. The molecule has 0 aliphatic carbocycles. The van der Waals surface area contributed by atoms with Gasteiger partial charge in [0.25, 0.3) is 5.91 Å². The molecule has 0 spiro atoms. The number of hydrogen-bond acceptors (Lipinski definition) is 5. The molecule has 1 fully saturated rings. The van der Waals surface area contributed by atoms with E-state index in [4.69, 9.17) is 4.74 Å². The van der Waals surface area contributed by atoms with E-state index in [0.29, 0.717) is 11.4 Å². The summed E-state index contributed by atoms with van der Waals surface area (Å²) in [7, 11) is 2.13. The number of nitrogens with zero attached hydrogens (tertiary/aromatic N) is 3. The minimum atomic E-state index is -0.604. The second-order valence-corrected chi connectivity index (χ2v) is 8.72. The summed E-state index contributed by atoms with van der Waals surface area (Å²) in [5.74, 6) is 1.43. The van der Waals surface area contributed by atoms with Gasteiger partial charge in [-0.05, 0) is 49.2 Å². The molecule has 2 aromatic rings. The van der Waals surface area contributed by atoms with Gasteiger partial charge < -0.3 is 19.9 Å². The van der Waals surface area contributed by atoms with Gasteiger partial charge in [0.05, 0.1) is 11.9 Å². The summed E-state index contributed by atoms with van der Waals surface area (Å²) < 4.78 is 5.80. The van der Waals surface area contributed by atoms with Crippen LogP contribution >= 0.6 is 0 Å². The fraction of sp³-hybridized carbons (Fsp3) is 0.478. The molecule has 1 saturated heterocycles. The topological polar surface area (TPSA) is 57.7 Å². The van der Waals surface area contributed by atoms with Crippen LogP contribution in [0.15, 0.2) is 42.6 Å². The smallest absolute Gasteiger partial charge is 0.265 e. The fourth-order valence-electron chi connectivity index (χ4n) is 3.22. The molecule has 1 aliphatic heterocycles. The lowest BCUT2D eigenvalue weighted by Gasteiger charge is -2.33. The third-order valence-electron chi connectivity index (χ3n) is 5.25. The molecule has 1 aromatic carbocycles. The molecular formula is C23H32N4O2. The highest BCUT2D eigenvalue weighted by molar-refractivity contribution is 5.94. The van der Waals surface area contributed by atoms with E-state index >= 15 is 0 Å². The number of benzene rings is 1. The van der Waals surface area contributed by atoms with Gasteiger partial charge in [-0.2, -0.15) is 0 Å². The highest BCUT2D eigenvalue weighted by atomic mass is 16.5. The number of nitrogens with one attached hydrogen (secondary N) is 1. The number of carbonyl (C=O) groups excluding carboxylic acids is 1. The number of likely N-dealkylation sites (N-methyl/N-ethyl adjacent to an activating group) is 1. The number of aromatic nitrogens is 1. The Kier molecular flexibility index (Phi) is 6.42. The van der Waals surface area contributed by atoms with E-state index in [1.165, 1.54) is 5.56 Å². The average Bonchev–Trinajstić information content (AvgIpc) is 2.69. The first kappa shape index (κ1) is 21.1. The number of hydrogen-bond donors (Lipinski definition) is 1. The fourth-order valence-corrected chi connectivity index (χ4v) is 3.22. The van der Waals surface area contributed by atoms with E-state index in [1.807, 2.05) is 36.4 Å². The number of rotatable bonds is 5. The van der Waals surface area contributed by atoms with Gasteiger partial charge in [-0.25, -0.2) is 4.98 Å². The number of piperazine rings is 1. The van der Waals surface area contributed by atoms with Crippen molar-refractivity contribution in [2.24, 2.45) is 0 Å². The van der Waals surface area contributed by atoms with Crippen LogP contribution in [0.3, 0.4) is 0 Å². The van der Waals surface area contributed by atoms with Gasteiger partial charge in [0, 0.05) is 26.2 Å². The molecule has 1 atom stereocenters. The second-order valence-electron chi connectivity index (χ2n) is 8.72. The Bertz CT molecular complexity index is 804.